The SMILES string of the molecule is CC(C)(C)c1ccccc1Oc1ncccc1Nc1nc(C(F)(F)F)c(-c2cccc(C(=O)O)c2)s1. The number of para-hydroxylation sites is 1. The first-order valence-electron chi connectivity index (χ1n) is 10.8. The van der Waals surface area contributed by atoms with Gasteiger partial charge in [-0.15, -0.1) is 0 Å². The van der Waals surface area contributed by atoms with Gasteiger partial charge in [-0.05, 0) is 41.3 Å². The van der Waals surface area contributed by atoms with Gasteiger partial charge in [0.15, 0.2) is 10.8 Å². The zero-order valence-electron chi connectivity index (χ0n) is 19.6. The predicted octanol–water partition coefficient (Wildman–Crippen LogP) is 7.76. The number of ether oxygens (including phenoxy) is 1. The third kappa shape index (κ3) is 5.49. The topological polar surface area (TPSA) is 84.3 Å². The van der Waals surface area contributed by atoms with E-state index in [1.165, 1.54) is 30.5 Å². The zero-order chi connectivity index (χ0) is 26.1. The highest BCUT2D eigenvalue weighted by Gasteiger charge is 2.38. The van der Waals surface area contributed by atoms with Crippen LogP contribution in [0.1, 0.15) is 42.4 Å². The molecule has 0 atom stereocenters. The van der Waals surface area contributed by atoms with Gasteiger partial charge in [-0.3, -0.25) is 0 Å². The molecule has 0 aliphatic carbocycles. The lowest BCUT2D eigenvalue weighted by atomic mass is 9.86. The number of thiazole rings is 1. The number of benzene rings is 2. The lowest BCUT2D eigenvalue weighted by Crippen LogP contribution is -2.12. The minimum Gasteiger partial charge on any atom is -0.478 e. The zero-order valence-corrected chi connectivity index (χ0v) is 20.4. The van der Waals surface area contributed by atoms with Crippen LogP contribution >= 0.6 is 11.3 Å². The molecule has 4 aromatic rings. The van der Waals surface area contributed by atoms with Crippen LogP contribution in [-0.4, -0.2) is 21.0 Å². The van der Waals surface area contributed by atoms with Crippen LogP contribution in [0.15, 0.2) is 66.9 Å². The van der Waals surface area contributed by atoms with E-state index in [1.807, 2.05) is 39.0 Å². The van der Waals surface area contributed by atoms with Crippen molar-refractivity contribution in [3.63, 3.8) is 0 Å². The summed E-state index contributed by atoms with van der Waals surface area (Å²) in [5, 5.41) is 12.1. The van der Waals surface area contributed by atoms with Crippen LogP contribution in [0, 0.1) is 0 Å². The van der Waals surface area contributed by atoms with E-state index in [4.69, 9.17) is 4.74 Å². The highest BCUT2D eigenvalue weighted by molar-refractivity contribution is 7.19. The van der Waals surface area contributed by atoms with Crippen molar-refractivity contribution in [2.24, 2.45) is 0 Å². The van der Waals surface area contributed by atoms with Crippen molar-refractivity contribution in [2.45, 2.75) is 32.4 Å². The van der Waals surface area contributed by atoms with Crippen LogP contribution in [-0.2, 0) is 11.6 Å². The molecule has 0 aliphatic heterocycles. The second kappa shape index (κ2) is 9.62. The van der Waals surface area contributed by atoms with Crippen molar-refractivity contribution in [1.29, 1.82) is 0 Å². The van der Waals surface area contributed by atoms with Gasteiger partial charge < -0.3 is 15.2 Å². The summed E-state index contributed by atoms with van der Waals surface area (Å²) >= 11 is 0.759. The van der Waals surface area contributed by atoms with Crippen molar-refractivity contribution in [1.82, 2.24) is 9.97 Å². The number of hydrogen-bond donors (Lipinski definition) is 2. The molecule has 0 aliphatic rings. The molecule has 6 nitrogen and oxygen atoms in total. The molecule has 2 aromatic heterocycles. The van der Waals surface area contributed by atoms with Gasteiger partial charge in [-0.1, -0.05) is 62.4 Å². The average molecular weight is 514 g/mol. The van der Waals surface area contributed by atoms with Crippen molar-refractivity contribution in [2.75, 3.05) is 5.32 Å². The maximum atomic E-state index is 13.8. The van der Waals surface area contributed by atoms with E-state index in [1.54, 1.807) is 18.2 Å². The van der Waals surface area contributed by atoms with E-state index >= 15 is 0 Å². The molecule has 2 N–H and O–H groups in total. The van der Waals surface area contributed by atoms with Gasteiger partial charge in [0.05, 0.1) is 10.4 Å². The highest BCUT2D eigenvalue weighted by Crippen LogP contribution is 2.44. The van der Waals surface area contributed by atoms with Crippen molar-refractivity contribution in [3.8, 4) is 22.1 Å². The summed E-state index contributed by atoms with van der Waals surface area (Å²) in [6.45, 7) is 6.13. The summed E-state index contributed by atoms with van der Waals surface area (Å²) in [6, 6.07) is 16.0. The normalized spacial score (nSPS) is 11.8. The van der Waals surface area contributed by atoms with Gasteiger partial charge in [-0.25, -0.2) is 14.8 Å². The Kier molecular flexibility index (Phi) is 6.73. The molecule has 2 heterocycles. The number of carbonyl (C=O) groups is 1. The number of aromatic carboxylic acids is 1. The lowest BCUT2D eigenvalue weighted by Gasteiger charge is -2.22. The maximum Gasteiger partial charge on any atom is 0.434 e. The number of nitrogens with zero attached hydrogens (tertiary/aromatic N) is 2. The average Bonchev–Trinajstić information content (AvgIpc) is 3.25. The number of alkyl halides is 3. The number of carboxylic acids is 1. The molecule has 186 valence electrons. The van der Waals surface area contributed by atoms with E-state index in [2.05, 4.69) is 15.3 Å². The molecule has 0 spiro atoms. The molecule has 0 amide bonds. The fourth-order valence-corrected chi connectivity index (χ4v) is 4.51. The van der Waals surface area contributed by atoms with E-state index < -0.39 is 17.8 Å². The summed E-state index contributed by atoms with van der Waals surface area (Å²) in [5.41, 5.74) is -0.0687. The molecule has 0 unspecified atom stereocenters. The Bertz CT molecular complexity index is 1410. The molecule has 0 saturated carbocycles. The third-order valence-corrected chi connectivity index (χ3v) is 6.20. The van der Waals surface area contributed by atoms with E-state index in [0.29, 0.717) is 11.4 Å². The molecular weight excluding hydrogens is 491 g/mol. The molecule has 0 fully saturated rings. The first-order chi connectivity index (χ1) is 16.9. The Morgan fingerprint density at radius 3 is 2.47 bits per heavy atom. The van der Waals surface area contributed by atoms with E-state index in [-0.39, 0.29) is 32.4 Å². The number of hydrogen-bond acceptors (Lipinski definition) is 6. The highest BCUT2D eigenvalue weighted by atomic mass is 32.1. The molecule has 10 heteroatoms. The van der Waals surface area contributed by atoms with E-state index in [0.717, 1.165) is 16.9 Å². The monoisotopic (exact) mass is 513 g/mol. The number of aromatic nitrogens is 2. The number of carboxylic acid groups (broad SMARTS) is 1. The molecule has 2 aromatic carbocycles. The van der Waals surface area contributed by atoms with Crippen LogP contribution in [0.5, 0.6) is 11.6 Å². The fourth-order valence-electron chi connectivity index (χ4n) is 3.52. The first-order valence-corrected chi connectivity index (χ1v) is 11.7. The van der Waals surface area contributed by atoms with Crippen molar-refractivity contribution < 1.29 is 27.8 Å². The van der Waals surface area contributed by atoms with Crippen molar-refractivity contribution >= 4 is 28.1 Å². The minimum absolute atomic E-state index is 0.0417. The smallest absolute Gasteiger partial charge is 0.434 e. The summed E-state index contributed by atoms with van der Waals surface area (Å²) in [6.07, 6.45) is -3.23. The molecule has 4 rings (SSSR count). The second-order valence-corrected chi connectivity index (χ2v) is 9.91. The van der Waals surface area contributed by atoms with Crippen LogP contribution in [0.4, 0.5) is 24.0 Å². The summed E-state index contributed by atoms with van der Waals surface area (Å²) in [4.78, 5) is 19.2. The van der Waals surface area contributed by atoms with Crippen LogP contribution in [0.3, 0.4) is 0 Å². The molecule has 0 radical (unpaired) electrons. The number of pyridine rings is 1. The van der Waals surface area contributed by atoms with Gasteiger partial charge in [0.2, 0.25) is 5.88 Å². The number of halogens is 3. The Balaban J connectivity index is 1.72. The largest absolute Gasteiger partial charge is 0.478 e. The minimum atomic E-state index is -4.75. The molecule has 36 heavy (non-hydrogen) atoms. The van der Waals surface area contributed by atoms with Gasteiger partial charge in [0.25, 0.3) is 0 Å². The van der Waals surface area contributed by atoms with Crippen LogP contribution < -0.4 is 10.1 Å². The van der Waals surface area contributed by atoms with Crippen LogP contribution in [0.25, 0.3) is 10.4 Å². The third-order valence-electron chi connectivity index (χ3n) is 5.18. The second-order valence-electron chi connectivity index (χ2n) is 8.91. The summed E-state index contributed by atoms with van der Waals surface area (Å²) < 4.78 is 47.6. The van der Waals surface area contributed by atoms with E-state index in [9.17, 15) is 23.1 Å². The number of nitrogens with one attached hydrogen (secondary N) is 1. The van der Waals surface area contributed by atoms with Gasteiger partial charge in [0.1, 0.15) is 11.4 Å². The van der Waals surface area contributed by atoms with Gasteiger partial charge in [0, 0.05) is 11.8 Å². The Morgan fingerprint density at radius 2 is 1.78 bits per heavy atom. The Hall–Kier alpha value is -3.92. The van der Waals surface area contributed by atoms with Gasteiger partial charge >= 0.3 is 12.1 Å². The Labute approximate surface area is 209 Å². The molecule has 0 saturated heterocycles. The maximum absolute atomic E-state index is 13.8. The number of anilines is 2. The summed E-state index contributed by atoms with van der Waals surface area (Å²) in [5.74, 6) is -0.485. The summed E-state index contributed by atoms with van der Waals surface area (Å²) in [7, 11) is 0. The fraction of sp³-hybridized carbons (Fsp3) is 0.192. The molecular formula is C26H22F3N3O3S. The predicted molar refractivity (Wildman–Crippen MR) is 132 cm³/mol. The standard InChI is InChI=1S/C26H22F3N3O3S/c1-25(2,3)17-10-4-5-12-19(17)35-22-18(11-7-13-30-22)31-24-32-21(26(27,28)29)20(36-24)15-8-6-9-16(14-15)23(33)34/h4-14H,1-3H3,(H,31,32)(H,33,34). The number of rotatable bonds is 6. The van der Waals surface area contributed by atoms with Crippen molar-refractivity contribution in [3.05, 3.63) is 83.7 Å². The van der Waals surface area contributed by atoms with Crippen LogP contribution in [0.2, 0.25) is 0 Å². The van der Waals surface area contributed by atoms with Gasteiger partial charge in [-0.2, -0.15) is 13.2 Å². The first kappa shape index (κ1) is 25.2. The molecule has 0 bridgehead atoms. The Morgan fingerprint density at radius 1 is 1.03 bits per heavy atom. The quantitative estimate of drug-likeness (QED) is 0.274. The lowest BCUT2D eigenvalue weighted by molar-refractivity contribution is -0.140.